The molecule has 0 aliphatic heterocycles. The van der Waals surface area contributed by atoms with Crippen LogP contribution in [0.5, 0.6) is 11.5 Å². The number of aromatic carboxylic acids is 1. The Balaban J connectivity index is 2.21. The molecule has 0 bridgehead atoms. The molecule has 4 nitrogen and oxygen atoms in total. The summed E-state index contributed by atoms with van der Waals surface area (Å²) in [5, 5.41) is 9.05. The highest BCUT2D eigenvalue weighted by molar-refractivity contribution is 5.88. The number of rotatable bonds is 5. The topological polar surface area (TPSA) is 55.8 Å². The molecule has 0 saturated carbocycles. The van der Waals surface area contributed by atoms with Gasteiger partial charge in [-0.1, -0.05) is 6.07 Å². The highest BCUT2D eigenvalue weighted by Gasteiger charge is 2.10. The second-order valence-electron chi connectivity index (χ2n) is 4.94. The molecule has 0 unspecified atom stereocenters. The molecule has 2 aromatic carbocycles. The fourth-order valence-electron chi connectivity index (χ4n) is 2.20. The molecule has 21 heavy (non-hydrogen) atoms. The molecule has 0 spiro atoms. The van der Waals surface area contributed by atoms with Crippen molar-refractivity contribution in [3.63, 3.8) is 0 Å². The summed E-state index contributed by atoms with van der Waals surface area (Å²) >= 11 is 0. The maximum Gasteiger partial charge on any atom is 0.335 e. The van der Waals surface area contributed by atoms with E-state index in [0.717, 1.165) is 16.9 Å². The summed E-state index contributed by atoms with van der Waals surface area (Å²) in [6, 6.07) is 10.7. The largest absolute Gasteiger partial charge is 0.496 e. The number of hydrogen-bond acceptors (Lipinski definition) is 3. The lowest BCUT2D eigenvalue weighted by atomic mass is 10.1. The zero-order valence-electron chi connectivity index (χ0n) is 12.3. The number of methoxy groups -OCH3 is 1. The summed E-state index contributed by atoms with van der Waals surface area (Å²) in [4.78, 5) is 11.0. The van der Waals surface area contributed by atoms with E-state index in [2.05, 4.69) is 6.07 Å². The molecule has 0 fully saturated rings. The predicted molar refractivity (Wildman–Crippen MR) is 80.2 cm³/mol. The molecule has 1 N–H and O–H groups in total. The van der Waals surface area contributed by atoms with Crippen molar-refractivity contribution in [2.45, 2.75) is 20.5 Å². The van der Waals surface area contributed by atoms with Gasteiger partial charge >= 0.3 is 5.97 Å². The number of aryl methyl sites for hydroxylation is 2. The summed E-state index contributed by atoms with van der Waals surface area (Å²) in [5.74, 6) is 0.407. The molecule has 0 aliphatic rings. The summed E-state index contributed by atoms with van der Waals surface area (Å²) < 4.78 is 11.0. The maximum atomic E-state index is 11.0. The van der Waals surface area contributed by atoms with Crippen molar-refractivity contribution >= 4 is 5.97 Å². The van der Waals surface area contributed by atoms with E-state index in [1.54, 1.807) is 19.2 Å². The average molecular weight is 286 g/mol. The Hall–Kier alpha value is -2.49. The van der Waals surface area contributed by atoms with Gasteiger partial charge in [-0.05, 0) is 55.3 Å². The summed E-state index contributed by atoms with van der Waals surface area (Å²) in [6.45, 7) is 4.27. The summed E-state index contributed by atoms with van der Waals surface area (Å²) in [6.07, 6.45) is 0. The number of benzene rings is 2. The van der Waals surface area contributed by atoms with Crippen LogP contribution >= 0.6 is 0 Å². The van der Waals surface area contributed by atoms with E-state index in [9.17, 15) is 4.79 Å². The standard InChI is InChI=1S/C17H18O4/c1-11-6-12(2)8-15(7-11)21-10-14-9-13(17(18)19)4-5-16(14)20-3/h4-9H,10H2,1-3H3,(H,18,19). The lowest BCUT2D eigenvalue weighted by Gasteiger charge is -2.12. The van der Waals surface area contributed by atoms with E-state index in [1.165, 1.54) is 6.07 Å². The molecule has 2 aromatic rings. The Morgan fingerprint density at radius 2 is 1.76 bits per heavy atom. The number of carbonyl (C=O) groups is 1. The first-order chi connectivity index (χ1) is 9.99. The van der Waals surface area contributed by atoms with E-state index >= 15 is 0 Å². The number of ether oxygens (including phenoxy) is 2. The number of carboxylic acid groups (broad SMARTS) is 1. The Morgan fingerprint density at radius 1 is 1.10 bits per heavy atom. The summed E-state index contributed by atoms with van der Waals surface area (Å²) in [5.41, 5.74) is 3.17. The fraction of sp³-hybridized carbons (Fsp3) is 0.235. The molecule has 0 amide bonds. The van der Waals surface area contributed by atoms with Crippen LogP contribution in [0.1, 0.15) is 27.0 Å². The monoisotopic (exact) mass is 286 g/mol. The quantitative estimate of drug-likeness (QED) is 0.912. The first-order valence-corrected chi connectivity index (χ1v) is 6.61. The third-order valence-corrected chi connectivity index (χ3v) is 3.12. The Kier molecular flexibility index (Phi) is 4.48. The lowest BCUT2D eigenvalue weighted by Crippen LogP contribution is -2.03. The summed E-state index contributed by atoms with van der Waals surface area (Å²) in [7, 11) is 1.55. The van der Waals surface area contributed by atoms with E-state index in [-0.39, 0.29) is 12.2 Å². The molecule has 0 radical (unpaired) electrons. The predicted octanol–water partition coefficient (Wildman–Crippen LogP) is 3.59. The molecule has 0 heterocycles. The Bertz CT molecular complexity index is 642. The van der Waals surface area contributed by atoms with Gasteiger partial charge in [-0.15, -0.1) is 0 Å². The van der Waals surface area contributed by atoms with E-state index in [1.807, 2.05) is 26.0 Å². The van der Waals surface area contributed by atoms with Crippen LogP contribution in [0.3, 0.4) is 0 Å². The Morgan fingerprint density at radius 3 is 2.33 bits per heavy atom. The zero-order valence-corrected chi connectivity index (χ0v) is 12.3. The second-order valence-corrected chi connectivity index (χ2v) is 4.94. The van der Waals surface area contributed by atoms with Gasteiger partial charge in [-0.2, -0.15) is 0 Å². The van der Waals surface area contributed by atoms with Gasteiger partial charge in [-0.3, -0.25) is 0 Å². The van der Waals surface area contributed by atoms with Crippen molar-refractivity contribution in [1.29, 1.82) is 0 Å². The van der Waals surface area contributed by atoms with E-state index < -0.39 is 5.97 Å². The molecular weight excluding hydrogens is 268 g/mol. The van der Waals surface area contributed by atoms with Crippen LogP contribution in [0.4, 0.5) is 0 Å². The van der Waals surface area contributed by atoms with Crippen LogP contribution in [-0.2, 0) is 6.61 Å². The maximum absolute atomic E-state index is 11.0. The molecule has 0 aliphatic carbocycles. The van der Waals surface area contributed by atoms with Gasteiger partial charge in [0.1, 0.15) is 18.1 Å². The zero-order chi connectivity index (χ0) is 15.4. The van der Waals surface area contributed by atoms with Gasteiger partial charge in [0.25, 0.3) is 0 Å². The van der Waals surface area contributed by atoms with Crippen LogP contribution in [0.25, 0.3) is 0 Å². The van der Waals surface area contributed by atoms with Gasteiger partial charge in [0, 0.05) is 5.56 Å². The van der Waals surface area contributed by atoms with Gasteiger partial charge in [0.15, 0.2) is 0 Å². The smallest absolute Gasteiger partial charge is 0.335 e. The third kappa shape index (κ3) is 3.75. The van der Waals surface area contributed by atoms with Crippen molar-refractivity contribution in [2.24, 2.45) is 0 Å². The van der Waals surface area contributed by atoms with Crippen LogP contribution in [-0.4, -0.2) is 18.2 Å². The minimum Gasteiger partial charge on any atom is -0.496 e. The first kappa shape index (κ1) is 14.9. The molecule has 0 aromatic heterocycles. The average Bonchev–Trinajstić information content (AvgIpc) is 2.43. The molecule has 0 atom stereocenters. The SMILES string of the molecule is COc1ccc(C(=O)O)cc1COc1cc(C)cc(C)c1. The highest BCUT2D eigenvalue weighted by Crippen LogP contribution is 2.23. The van der Waals surface area contributed by atoms with Gasteiger partial charge in [0.2, 0.25) is 0 Å². The fourth-order valence-corrected chi connectivity index (χ4v) is 2.20. The van der Waals surface area contributed by atoms with Gasteiger partial charge in [-0.25, -0.2) is 4.79 Å². The molecule has 110 valence electrons. The highest BCUT2D eigenvalue weighted by atomic mass is 16.5. The Labute approximate surface area is 123 Å². The van der Waals surface area contributed by atoms with Crippen molar-refractivity contribution in [3.05, 3.63) is 58.7 Å². The van der Waals surface area contributed by atoms with Gasteiger partial charge < -0.3 is 14.6 Å². The number of carboxylic acids is 1. The lowest BCUT2D eigenvalue weighted by molar-refractivity contribution is 0.0696. The van der Waals surface area contributed by atoms with Crippen LogP contribution in [0.2, 0.25) is 0 Å². The van der Waals surface area contributed by atoms with Crippen molar-refractivity contribution in [1.82, 2.24) is 0 Å². The van der Waals surface area contributed by atoms with Gasteiger partial charge in [0.05, 0.1) is 12.7 Å². The number of hydrogen-bond donors (Lipinski definition) is 1. The van der Waals surface area contributed by atoms with Crippen molar-refractivity contribution in [3.8, 4) is 11.5 Å². The molecule has 2 rings (SSSR count). The molecule has 4 heteroatoms. The van der Waals surface area contributed by atoms with E-state index in [4.69, 9.17) is 14.6 Å². The minimum absolute atomic E-state index is 0.217. The second kappa shape index (κ2) is 6.31. The van der Waals surface area contributed by atoms with Crippen molar-refractivity contribution < 1.29 is 19.4 Å². The van der Waals surface area contributed by atoms with Crippen LogP contribution in [0.15, 0.2) is 36.4 Å². The van der Waals surface area contributed by atoms with E-state index in [0.29, 0.717) is 11.3 Å². The third-order valence-electron chi connectivity index (χ3n) is 3.12. The normalized spacial score (nSPS) is 10.2. The van der Waals surface area contributed by atoms with Crippen molar-refractivity contribution in [2.75, 3.05) is 7.11 Å². The first-order valence-electron chi connectivity index (χ1n) is 6.61. The molecular formula is C17H18O4. The van der Waals surface area contributed by atoms with Crippen LogP contribution in [0, 0.1) is 13.8 Å². The minimum atomic E-state index is -0.967. The molecule has 0 saturated heterocycles. The van der Waals surface area contributed by atoms with Crippen LogP contribution < -0.4 is 9.47 Å².